The molecule has 0 unspecified atom stereocenters. The largest absolute Gasteiger partial charge is 0.381 e. The second-order valence-electron chi connectivity index (χ2n) is 3.12. The number of anilines is 1. The van der Waals surface area contributed by atoms with Crippen LogP contribution >= 0.6 is 0 Å². The van der Waals surface area contributed by atoms with Gasteiger partial charge in [0.25, 0.3) is 0 Å². The van der Waals surface area contributed by atoms with Gasteiger partial charge in [-0.3, -0.25) is 0 Å². The Morgan fingerprint density at radius 2 is 1.87 bits per heavy atom. The monoisotopic (exact) mass is 210 g/mol. The lowest BCUT2D eigenvalue weighted by molar-refractivity contribution is 0.429. The third kappa shape index (κ3) is 1.45. The summed E-state index contributed by atoms with van der Waals surface area (Å²) in [5, 5.41) is 3.44. The topological polar surface area (TPSA) is 52.0 Å². The third-order valence-electron chi connectivity index (χ3n) is 2.15. The van der Waals surface area contributed by atoms with Gasteiger partial charge in [0, 0.05) is 5.56 Å². The van der Waals surface area contributed by atoms with Crippen LogP contribution in [-0.2, 0) is 0 Å². The number of hydrogen-bond acceptors (Lipinski definition) is 3. The lowest BCUT2D eigenvalue weighted by Gasteiger charge is -2.00. The van der Waals surface area contributed by atoms with E-state index >= 15 is 0 Å². The van der Waals surface area contributed by atoms with Crippen molar-refractivity contribution in [2.75, 3.05) is 5.73 Å². The van der Waals surface area contributed by atoms with Crippen molar-refractivity contribution in [2.45, 2.75) is 6.92 Å². The first-order chi connectivity index (χ1) is 7.11. The van der Waals surface area contributed by atoms with E-state index in [9.17, 15) is 8.78 Å². The molecule has 78 valence electrons. The number of nitrogens with two attached hydrogens (primary N) is 1. The molecular weight excluding hydrogens is 202 g/mol. The van der Waals surface area contributed by atoms with Gasteiger partial charge in [-0.15, -0.1) is 0 Å². The van der Waals surface area contributed by atoms with E-state index in [-0.39, 0.29) is 17.1 Å². The van der Waals surface area contributed by atoms with Crippen LogP contribution in [0, 0.1) is 18.6 Å². The zero-order chi connectivity index (χ0) is 11.0. The second-order valence-corrected chi connectivity index (χ2v) is 3.12. The Labute approximate surface area is 84.5 Å². The highest BCUT2D eigenvalue weighted by atomic mass is 19.1. The van der Waals surface area contributed by atoms with E-state index in [0.717, 1.165) is 12.1 Å². The number of benzene rings is 1. The van der Waals surface area contributed by atoms with E-state index in [4.69, 9.17) is 10.3 Å². The summed E-state index contributed by atoms with van der Waals surface area (Å²) in [6.45, 7) is 1.59. The zero-order valence-electron chi connectivity index (χ0n) is 7.92. The van der Waals surface area contributed by atoms with Crippen molar-refractivity contribution in [3.63, 3.8) is 0 Å². The normalized spacial score (nSPS) is 10.6. The van der Waals surface area contributed by atoms with Crippen LogP contribution in [-0.4, -0.2) is 5.16 Å². The molecule has 0 aliphatic rings. The first kappa shape index (κ1) is 9.64. The van der Waals surface area contributed by atoms with Crippen molar-refractivity contribution < 1.29 is 13.3 Å². The van der Waals surface area contributed by atoms with Crippen molar-refractivity contribution in [1.82, 2.24) is 5.16 Å². The molecule has 0 fully saturated rings. The zero-order valence-corrected chi connectivity index (χ0v) is 7.92. The van der Waals surface area contributed by atoms with Gasteiger partial charge in [0.1, 0.15) is 11.6 Å². The molecule has 0 atom stereocenters. The molecule has 2 N–H and O–H groups in total. The summed E-state index contributed by atoms with van der Waals surface area (Å²) in [6, 6.07) is 3.58. The van der Waals surface area contributed by atoms with Crippen LogP contribution in [0.15, 0.2) is 22.7 Å². The lowest BCUT2D eigenvalue weighted by Crippen LogP contribution is -1.91. The molecule has 0 aliphatic carbocycles. The van der Waals surface area contributed by atoms with Gasteiger partial charge >= 0.3 is 0 Å². The summed E-state index contributed by atoms with van der Waals surface area (Å²) < 4.78 is 31.5. The van der Waals surface area contributed by atoms with Gasteiger partial charge < -0.3 is 10.3 Å². The molecule has 1 heterocycles. The third-order valence-corrected chi connectivity index (χ3v) is 2.15. The number of halogens is 2. The molecule has 0 saturated carbocycles. The fourth-order valence-electron chi connectivity index (χ4n) is 1.30. The maximum Gasteiger partial charge on any atom is 0.177 e. The predicted octanol–water partition coefficient (Wildman–Crippen LogP) is 2.51. The number of aromatic nitrogens is 1. The van der Waals surface area contributed by atoms with Crippen molar-refractivity contribution in [3.05, 3.63) is 35.4 Å². The first-order valence-corrected chi connectivity index (χ1v) is 4.27. The SMILES string of the molecule is Cc1c(N)noc1-c1c(F)cccc1F. The molecule has 5 heteroatoms. The molecule has 2 aromatic rings. The smallest absolute Gasteiger partial charge is 0.177 e. The number of nitrogens with zero attached hydrogens (tertiary/aromatic N) is 1. The summed E-state index contributed by atoms with van der Waals surface area (Å²) in [4.78, 5) is 0. The standard InChI is InChI=1S/C10H8F2N2O/c1-5-9(15-14-10(5)13)8-6(11)3-2-4-7(8)12/h2-4H,1H3,(H2,13,14). The van der Waals surface area contributed by atoms with Crippen LogP contribution in [0.25, 0.3) is 11.3 Å². The minimum Gasteiger partial charge on any atom is -0.381 e. The van der Waals surface area contributed by atoms with E-state index < -0.39 is 11.6 Å². The van der Waals surface area contributed by atoms with Crippen molar-refractivity contribution in [3.8, 4) is 11.3 Å². The maximum atomic E-state index is 13.4. The van der Waals surface area contributed by atoms with E-state index in [1.807, 2.05) is 0 Å². The van der Waals surface area contributed by atoms with Crippen molar-refractivity contribution in [1.29, 1.82) is 0 Å². The Bertz CT molecular complexity index is 488. The van der Waals surface area contributed by atoms with Crippen LogP contribution in [0.2, 0.25) is 0 Å². The van der Waals surface area contributed by atoms with Crippen molar-refractivity contribution >= 4 is 5.82 Å². The van der Waals surface area contributed by atoms with Gasteiger partial charge in [-0.1, -0.05) is 11.2 Å². The molecule has 15 heavy (non-hydrogen) atoms. The fourth-order valence-corrected chi connectivity index (χ4v) is 1.30. The van der Waals surface area contributed by atoms with Gasteiger partial charge in [-0.05, 0) is 19.1 Å². The average molecular weight is 210 g/mol. The Balaban J connectivity index is 2.69. The van der Waals surface area contributed by atoms with Crippen LogP contribution in [0.5, 0.6) is 0 Å². The molecule has 0 amide bonds. The Morgan fingerprint density at radius 1 is 1.27 bits per heavy atom. The molecule has 1 aromatic carbocycles. The van der Waals surface area contributed by atoms with Gasteiger partial charge in [-0.2, -0.15) is 0 Å². The number of rotatable bonds is 1. The summed E-state index contributed by atoms with van der Waals surface area (Å²) >= 11 is 0. The molecule has 0 spiro atoms. The summed E-state index contributed by atoms with van der Waals surface area (Å²) in [5.74, 6) is -1.24. The molecule has 0 saturated heterocycles. The van der Waals surface area contributed by atoms with Crippen LogP contribution in [0.4, 0.5) is 14.6 Å². The quantitative estimate of drug-likeness (QED) is 0.786. The van der Waals surface area contributed by atoms with Gasteiger partial charge in [0.2, 0.25) is 0 Å². The fraction of sp³-hybridized carbons (Fsp3) is 0.100. The molecule has 0 aliphatic heterocycles. The molecule has 2 rings (SSSR count). The lowest BCUT2D eigenvalue weighted by atomic mass is 10.1. The Hall–Kier alpha value is -1.91. The van der Waals surface area contributed by atoms with Gasteiger partial charge in [-0.25, -0.2) is 8.78 Å². The van der Waals surface area contributed by atoms with Gasteiger partial charge in [0.05, 0.1) is 5.56 Å². The van der Waals surface area contributed by atoms with Crippen LogP contribution in [0.1, 0.15) is 5.56 Å². The molecule has 1 aromatic heterocycles. The molecule has 0 bridgehead atoms. The van der Waals surface area contributed by atoms with Gasteiger partial charge in [0.15, 0.2) is 11.6 Å². The highest BCUT2D eigenvalue weighted by Gasteiger charge is 2.19. The summed E-state index contributed by atoms with van der Waals surface area (Å²) in [5.41, 5.74) is 5.62. The Morgan fingerprint density at radius 3 is 2.33 bits per heavy atom. The van der Waals surface area contributed by atoms with E-state index in [1.165, 1.54) is 6.07 Å². The number of hydrogen-bond donors (Lipinski definition) is 1. The maximum absolute atomic E-state index is 13.4. The van der Waals surface area contributed by atoms with E-state index in [0.29, 0.717) is 5.56 Å². The molecule has 3 nitrogen and oxygen atoms in total. The first-order valence-electron chi connectivity index (χ1n) is 4.27. The summed E-state index contributed by atoms with van der Waals surface area (Å²) in [7, 11) is 0. The van der Waals surface area contributed by atoms with E-state index in [1.54, 1.807) is 6.92 Å². The number of nitrogen functional groups attached to an aromatic ring is 1. The second kappa shape index (κ2) is 3.34. The Kier molecular flexibility index (Phi) is 2.15. The average Bonchev–Trinajstić information content (AvgIpc) is 2.49. The van der Waals surface area contributed by atoms with Crippen LogP contribution < -0.4 is 5.73 Å². The minimum atomic E-state index is -0.700. The van der Waals surface area contributed by atoms with Crippen molar-refractivity contribution in [2.24, 2.45) is 0 Å². The molecular formula is C10H8F2N2O. The van der Waals surface area contributed by atoms with E-state index in [2.05, 4.69) is 5.16 Å². The highest BCUT2D eigenvalue weighted by molar-refractivity contribution is 5.66. The van der Waals surface area contributed by atoms with Crippen LogP contribution in [0.3, 0.4) is 0 Å². The summed E-state index contributed by atoms with van der Waals surface area (Å²) in [6.07, 6.45) is 0. The highest BCUT2D eigenvalue weighted by Crippen LogP contribution is 2.30. The minimum absolute atomic E-state index is 0.0306. The predicted molar refractivity (Wildman–Crippen MR) is 51.0 cm³/mol. The molecule has 0 radical (unpaired) electrons.